The Kier molecular flexibility index (Phi) is 4.75. The van der Waals surface area contributed by atoms with E-state index in [9.17, 15) is 0 Å². The first-order valence-electron chi connectivity index (χ1n) is 7.18. The second-order valence-electron chi connectivity index (χ2n) is 4.67. The molecule has 0 bridgehead atoms. The summed E-state index contributed by atoms with van der Waals surface area (Å²) in [5, 5.41) is 8.02. The molecule has 112 valence electrons. The van der Waals surface area contributed by atoms with Crippen LogP contribution in [-0.2, 0) is 5.75 Å². The van der Waals surface area contributed by atoms with Gasteiger partial charge in [-0.05, 0) is 24.6 Å². The van der Waals surface area contributed by atoms with Gasteiger partial charge < -0.3 is 4.74 Å². The van der Waals surface area contributed by atoms with E-state index >= 15 is 0 Å². The summed E-state index contributed by atoms with van der Waals surface area (Å²) in [5.74, 6) is 2.41. The fourth-order valence-electron chi connectivity index (χ4n) is 2.10. The molecule has 0 spiro atoms. The topological polar surface area (TPSA) is 50.8 Å². The second-order valence-corrected chi connectivity index (χ2v) is 5.61. The third-order valence-corrected chi connectivity index (χ3v) is 4.04. The highest BCUT2D eigenvalue weighted by Gasteiger charge is 2.11. The van der Waals surface area contributed by atoms with Crippen molar-refractivity contribution >= 4 is 11.8 Å². The van der Waals surface area contributed by atoms with Gasteiger partial charge in [0.1, 0.15) is 5.75 Å². The number of hydrogen-bond acceptors (Lipinski definition) is 4. The normalized spacial score (nSPS) is 10.6. The van der Waals surface area contributed by atoms with Gasteiger partial charge in [-0.1, -0.05) is 54.2 Å². The largest absolute Gasteiger partial charge is 0.493 e. The summed E-state index contributed by atoms with van der Waals surface area (Å²) in [7, 11) is 0. The maximum atomic E-state index is 5.64. The van der Waals surface area contributed by atoms with Gasteiger partial charge in [0.25, 0.3) is 0 Å². The van der Waals surface area contributed by atoms with Crippen molar-refractivity contribution in [3.05, 3.63) is 60.2 Å². The summed E-state index contributed by atoms with van der Waals surface area (Å²) in [6.07, 6.45) is 0. The summed E-state index contributed by atoms with van der Waals surface area (Å²) in [5.41, 5.74) is 2.19. The minimum atomic E-state index is 0.626. The summed E-state index contributed by atoms with van der Waals surface area (Å²) >= 11 is 1.61. The van der Waals surface area contributed by atoms with E-state index in [1.54, 1.807) is 11.8 Å². The van der Waals surface area contributed by atoms with Crippen molar-refractivity contribution in [3.63, 3.8) is 0 Å². The predicted octanol–water partition coefficient (Wildman–Crippen LogP) is 4.16. The summed E-state index contributed by atoms with van der Waals surface area (Å²) in [6.45, 7) is 2.60. The van der Waals surface area contributed by atoms with Gasteiger partial charge in [0.05, 0.1) is 12.2 Å². The number of aromatic amines is 1. The Morgan fingerprint density at radius 3 is 2.64 bits per heavy atom. The number of hydrogen-bond donors (Lipinski definition) is 1. The Bertz CT molecular complexity index is 728. The molecule has 2 aromatic carbocycles. The van der Waals surface area contributed by atoms with Crippen molar-refractivity contribution in [3.8, 4) is 17.1 Å². The summed E-state index contributed by atoms with van der Waals surface area (Å²) in [4.78, 5) is 4.55. The van der Waals surface area contributed by atoms with Crippen molar-refractivity contribution in [2.75, 3.05) is 6.61 Å². The van der Waals surface area contributed by atoms with Gasteiger partial charge in [-0.3, -0.25) is 5.10 Å². The maximum absolute atomic E-state index is 5.64. The molecule has 4 nitrogen and oxygen atoms in total. The van der Waals surface area contributed by atoms with Crippen LogP contribution < -0.4 is 4.74 Å². The van der Waals surface area contributed by atoms with E-state index in [1.165, 1.54) is 5.56 Å². The SMILES string of the molecule is CCOc1ccccc1-c1nc(SCc2ccccc2)n[nH]1. The number of para-hydroxylation sites is 1. The number of rotatable bonds is 6. The fourth-order valence-corrected chi connectivity index (χ4v) is 2.85. The number of nitrogens with zero attached hydrogens (tertiary/aromatic N) is 2. The Hall–Kier alpha value is -2.27. The van der Waals surface area contributed by atoms with Crippen molar-refractivity contribution < 1.29 is 4.74 Å². The molecule has 0 atom stereocenters. The standard InChI is InChI=1S/C17H17N3OS/c1-2-21-15-11-7-6-10-14(15)16-18-17(20-19-16)22-12-13-8-4-3-5-9-13/h3-11H,2,12H2,1H3,(H,18,19,20). The van der Waals surface area contributed by atoms with Crippen molar-refractivity contribution in [1.29, 1.82) is 0 Å². The van der Waals surface area contributed by atoms with Gasteiger partial charge >= 0.3 is 0 Å². The lowest BCUT2D eigenvalue weighted by Crippen LogP contribution is -1.94. The number of ether oxygens (including phenoxy) is 1. The van der Waals surface area contributed by atoms with Crippen LogP contribution in [0.2, 0.25) is 0 Å². The zero-order valence-electron chi connectivity index (χ0n) is 12.3. The molecule has 1 heterocycles. The van der Waals surface area contributed by atoms with E-state index in [0.717, 1.165) is 28.0 Å². The molecule has 0 radical (unpaired) electrons. The Morgan fingerprint density at radius 1 is 1.05 bits per heavy atom. The van der Waals surface area contributed by atoms with Crippen molar-refractivity contribution in [1.82, 2.24) is 15.2 Å². The van der Waals surface area contributed by atoms with Crippen molar-refractivity contribution in [2.45, 2.75) is 17.8 Å². The van der Waals surface area contributed by atoms with Gasteiger partial charge in [-0.2, -0.15) is 0 Å². The van der Waals surface area contributed by atoms with Crippen LogP contribution in [0.3, 0.4) is 0 Å². The minimum absolute atomic E-state index is 0.626. The number of nitrogens with one attached hydrogen (secondary N) is 1. The molecule has 0 aliphatic heterocycles. The molecule has 0 aliphatic carbocycles. The first-order chi connectivity index (χ1) is 10.9. The zero-order chi connectivity index (χ0) is 15.2. The zero-order valence-corrected chi connectivity index (χ0v) is 13.1. The van der Waals surface area contributed by atoms with Gasteiger partial charge in [0.15, 0.2) is 5.82 Å². The summed E-state index contributed by atoms with van der Waals surface area (Å²) < 4.78 is 5.64. The highest BCUT2D eigenvalue weighted by Crippen LogP contribution is 2.29. The van der Waals surface area contributed by atoms with Crippen LogP contribution in [0.15, 0.2) is 59.8 Å². The van der Waals surface area contributed by atoms with Gasteiger partial charge in [-0.25, -0.2) is 4.98 Å². The van der Waals surface area contributed by atoms with E-state index in [-0.39, 0.29) is 0 Å². The lowest BCUT2D eigenvalue weighted by Gasteiger charge is -2.06. The molecule has 0 unspecified atom stereocenters. The smallest absolute Gasteiger partial charge is 0.209 e. The lowest BCUT2D eigenvalue weighted by molar-refractivity contribution is 0.341. The van der Waals surface area contributed by atoms with Crippen LogP contribution >= 0.6 is 11.8 Å². The molecule has 3 rings (SSSR count). The molecule has 22 heavy (non-hydrogen) atoms. The average Bonchev–Trinajstić information content (AvgIpc) is 3.04. The predicted molar refractivity (Wildman–Crippen MR) is 89.0 cm³/mol. The van der Waals surface area contributed by atoms with Crippen LogP contribution in [0.25, 0.3) is 11.4 Å². The molecule has 5 heteroatoms. The third-order valence-electron chi connectivity index (χ3n) is 3.12. The quantitative estimate of drug-likeness (QED) is 0.694. The average molecular weight is 311 g/mol. The van der Waals surface area contributed by atoms with E-state index in [0.29, 0.717) is 6.61 Å². The maximum Gasteiger partial charge on any atom is 0.209 e. The fraction of sp³-hybridized carbons (Fsp3) is 0.176. The van der Waals surface area contributed by atoms with E-state index in [4.69, 9.17) is 4.74 Å². The number of H-pyrrole nitrogens is 1. The van der Waals surface area contributed by atoms with Crippen LogP contribution in [0.5, 0.6) is 5.75 Å². The van der Waals surface area contributed by atoms with Crippen molar-refractivity contribution in [2.24, 2.45) is 0 Å². The van der Waals surface area contributed by atoms with Gasteiger partial charge in [-0.15, -0.1) is 5.10 Å². The number of benzene rings is 2. The van der Waals surface area contributed by atoms with Gasteiger partial charge in [0.2, 0.25) is 5.16 Å². The van der Waals surface area contributed by atoms with E-state index < -0.39 is 0 Å². The molecule has 0 fully saturated rings. The first kappa shape index (κ1) is 14.7. The molecule has 0 saturated carbocycles. The molecule has 1 aromatic heterocycles. The highest BCUT2D eigenvalue weighted by atomic mass is 32.2. The second kappa shape index (κ2) is 7.13. The lowest BCUT2D eigenvalue weighted by atomic mass is 10.2. The molecule has 0 saturated heterocycles. The first-order valence-corrected chi connectivity index (χ1v) is 8.16. The van der Waals surface area contributed by atoms with Crippen LogP contribution in [0, 0.1) is 0 Å². The van der Waals surface area contributed by atoms with Gasteiger partial charge in [0, 0.05) is 5.75 Å². The van der Waals surface area contributed by atoms with Crippen LogP contribution in [0.1, 0.15) is 12.5 Å². The minimum Gasteiger partial charge on any atom is -0.493 e. The Morgan fingerprint density at radius 2 is 1.82 bits per heavy atom. The summed E-state index contributed by atoms with van der Waals surface area (Å²) in [6, 6.07) is 18.2. The van der Waals surface area contributed by atoms with E-state index in [1.807, 2.05) is 49.4 Å². The molecule has 3 aromatic rings. The number of thioether (sulfide) groups is 1. The monoisotopic (exact) mass is 311 g/mol. The molecular formula is C17H17N3OS. The van der Waals surface area contributed by atoms with E-state index in [2.05, 4.69) is 27.3 Å². The highest BCUT2D eigenvalue weighted by molar-refractivity contribution is 7.98. The van der Waals surface area contributed by atoms with Crippen LogP contribution in [-0.4, -0.2) is 21.8 Å². The Labute approximate surface area is 133 Å². The third kappa shape index (κ3) is 3.49. The number of aromatic nitrogens is 3. The molecule has 0 amide bonds. The van der Waals surface area contributed by atoms with Crippen LogP contribution in [0.4, 0.5) is 0 Å². The Balaban J connectivity index is 1.74. The molecular weight excluding hydrogens is 294 g/mol. The molecule has 1 N–H and O–H groups in total. The molecule has 0 aliphatic rings.